The van der Waals surface area contributed by atoms with Crippen LogP contribution in [-0.4, -0.2) is 10.6 Å². The summed E-state index contributed by atoms with van der Waals surface area (Å²) in [7, 11) is 0. The van der Waals surface area contributed by atoms with Gasteiger partial charge in [0.1, 0.15) is 0 Å². The zero-order chi connectivity index (χ0) is 6.32. The molecule has 1 saturated carbocycles. The highest BCUT2D eigenvalue weighted by molar-refractivity contribution is 8.00. The van der Waals surface area contributed by atoms with E-state index in [1.54, 1.807) is 0 Å². The number of rotatable bonds is 0. The van der Waals surface area contributed by atoms with Crippen LogP contribution in [0.5, 0.6) is 0 Å². The third-order valence-corrected chi connectivity index (χ3v) is 4.04. The standard InChI is InChI=1S/C7H13NS/c8-7-3-1-2-6(4-7)5-9-7/h6H,1-5,8H2. The fourth-order valence-electron chi connectivity index (χ4n) is 1.94. The van der Waals surface area contributed by atoms with Gasteiger partial charge >= 0.3 is 0 Å². The van der Waals surface area contributed by atoms with E-state index >= 15 is 0 Å². The quantitative estimate of drug-likeness (QED) is 0.557. The van der Waals surface area contributed by atoms with Crippen molar-refractivity contribution < 1.29 is 0 Å². The summed E-state index contributed by atoms with van der Waals surface area (Å²) in [6.45, 7) is 0. The normalized spacial score (nSPS) is 49.7. The molecule has 0 aromatic heterocycles. The van der Waals surface area contributed by atoms with Crippen LogP contribution in [0.25, 0.3) is 0 Å². The van der Waals surface area contributed by atoms with Gasteiger partial charge < -0.3 is 5.73 Å². The minimum atomic E-state index is 0.211. The van der Waals surface area contributed by atoms with Gasteiger partial charge in [0.25, 0.3) is 0 Å². The second-order valence-corrected chi connectivity index (χ2v) is 4.77. The lowest BCUT2D eigenvalue weighted by atomic mass is 9.88. The van der Waals surface area contributed by atoms with Crippen LogP contribution in [0.3, 0.4) is 0 Å². The summed E-state index contributed by atoms with van der Waals surface area (Å²) < 4.78 is 0. The number of hydrogen-bond acceptors (Lipinski definition) is 2. The van der Waals surface area contributed by atoms with Gasteiger partial charge in [-0.15, -0.1) is 11.8 Å². The first-order valence-electron chi connectivity index (χ1n) is 3.71. The van der Waals surface area contributed by atoms with Crippen LogP contribution in [0.4, 0.5) is 0 Å². The molecule has 0 radical (unpaired) electrons. The lowest BCUT2D eigenvalue weighted by molar-refractivity contribution is 0.348. The highest BCUT2D eigenvalue weighted by atomic mass is 32.2. The molecule has 1 heterocycles. The van der Waals surface area contributed by atoms with Gasteiger partial charge in [-0.2, -0.15) is 0 Å². The van der Waals surface area contributed by atoms with Gasteiger partial charge in [-0.3, -0.25) is 0 Å². The molecule has 2 heteroatoms. The second kappa shape index (κ2) is 1.89. The summed E-state index contributed by atoms with van der Waals surface area (Å²) in [5, 5.41) is 0. The molecule has 52 valence electrons. The molecule has 2 rings (SSSR count). The topological polar surface area (TPSA) is 26.0 Å². The average molecular weight is 143 g/mol. The van der Waals surface area contributed by atoms with Crippen LogP contribution < -0.4 is 5.73 Å². The molecule has 2 bridgehead atoms. The van der Waals surface area contributed by atoms with Crippen molar-refractivity contribution in [2.24, 2.45) is 11.7 Å². The van der Waals surface area contributed by atoms with Gasteiger partial charge in [0.15, 0.2) is 0 Å². The zero-order valence-electron chi connectivity index (χ0n) is 5.60. The van der Waals surface area contributed by atoms with Crippen LogP contribution in [0, 0.1) is 5.92 Å². The third-order valence-electron chi connectivity index (χ3n) is 2.45. The monoisotopic (exact) mass is 143 g/mol. The molecule has 2 fully saturated rings. The first-order valence-corrected chi connectivity index (χ1v) is 4.70. The molecule has 2 unspecified atom stereocenters. The number of hydrogen-bond donors (Lipinski definition) is 1. The Morgan fingerprint density at radius 1 is 1.56 bits per heavy atom. The minimum Gasteiger partial charge on any atom is -0.317 e. The van der Waals surface area contributed by atoms with E-state index in [2.05, 4.69) is 0 Å². The second-order valence-electron chi connectivity index (χ2n) is 3.34. The summed E-state index contributed by atoms with van der Waals surface area (Å²) >= 11 is 1.99. The molecule has 1 nitrogen and oxygen atoms in total. The van der Waals surface area contributed by atoms with E-state index in [1.165, 1.54) is 31.4 Å². The van der Waals surface area contributed by atoms with Crippen molar-refractivity contribution in [2.45, 2.75) is 30.6 Å². The van der Waals surface area contributed by atoms with Crippen molar-refractivity contribution in [1.82, 2.24) is 0 Å². The van der Waals surface area contributed by atoms with Gasteiger partial charge in [-0.25, -0.2) is 0 Å². The molecule has 0 aromatic rings. The number of thioether (sulfide) groups is 1. The van der Waals surface area contributed by atoms with Gasteiger partial charge in [0, 0.05) is 0 Å². The van der Waals surface area contributed by atoms with Gasteiger partial charge in [0.05, 0.1) is 4.87 Å². The molecule has 2 N–H and O–H groups in total. The number of fused-ring (bicyclic) bond motifs is 2. The average Bonchev–Trinajstić information content (AvgIpc) is 2.07. The van der Waals surface area contributed by atoms with Crippen LogP contribution >= 0.6 is 11.8 Å². The Morgan fingerprint density at radius 3 is 3.11 bits per heavy atom. The Kier molecular flexibility index (Phi) is 1.27. The predicted molar refractivity (Wildman–Crippen MR) is 41.3 cm³/mol. The molecule has 2 aliphatic rings. The van der Waals surface area contributed by atoms with E-state index in [0.717, 1.165) is 5.92 Å². The Bertz CT molecular complexity index is 122. The van der Waals surface area contributed by atoms with Crippen LogP contribution in [0.1, 0.15) is 25.7 Å². The summed E-state index contributed by atoms with van der Waals surface area (Å²) in [4.78, 5) is 0.211. The van der Waals surface area contributed by atoms with Crippen molar-refractivity contribution >= 4 is 11.8 Å². The lowest BCUT2D eigenvalue weighted by Gasteiger charge is -2.27. The lowest BCUT2D eigenvalue weighted by Crippen LogP contribution is -2.35. The Balaban J connectivity index is 2.13. The van der Waals surface area contributed by atoms with Gasteiger partial charge in [-0.1, -0.05) is 6.42 Å². The maximum absolute atomic E-state index is 6.06. The summed E-state index contributed by atoms with van der Waals surface area (Å²) in [6.07, 6.45) is 5.35. The largest absolute Gasteiger partial charge is 0.317 e. The maximum Gasteiger partial charge on any atom is 0.0623 e. The van der Waals surface area contributed by atoms with E-state index in [4.69, 9.17) is 5.73 Å². The third kappa shape index (κ3) is 0.987. The predicted octanol–water partition coefficient (Wildman–Crippen LogP) is 1.58. The smallest absolute Gasteiger partial charge is 0.0623 e. The highest BCUT2D eigenvalue weighted by Crippen LogP contribution is 2.46. The van der Waals surface area contributed by atoms with Crippen LogP contribution in [0.15, 0.2) is 0 Å². The molecule has 9 heavy (non-hydrogen) atoms. The SMILES string of the molecule is NC12CCCC(CS1)C2. The van der Waals surface area contributed by atoms with Crippen LogP contribution in [0.2, 0.25) is 0 Å². The van der Waals surface area contributed by atoms with E-state index in [9.17, 15) is 0 Å². The molecular formula is C7H13NS. The van der Waals surface area contributed by atoms with E-state index in [-0.39, 0.29) is 4.87 Å². The Labute approximate surface area is 60.4 Å². The van der Waals surface area contributed by atoms with E-state index < -0.39 is 0 Å². The molecule has 1 aliphatic heterocycles. The van der Waals surface area contributed by atoms with Crippen molar-refractivity contribution in [3.05, 3.63) is 0 Å². The van der Waals surface area contributed by atoms with Crippen molar-refractivity contribution in [2.75, 3.05) is 5.75 Å². The Morgan fingerprint density at radius 2 is 2.44 bits per heavy atom. The Hall–Kier alpha value is 0.310. The van der Waals surface area contributed by atoms with E-state index in [1.807, 2.05) is 11.8 Å². The minimum absolute atomic E-state index is 0.211. The van der Waals surface area contributed by atoms with Crippen molar-refractivity contribution in [1.29, 1.82) is 0 Å². The molecule has 0 aromatic carbocycles. The van der Waals surface area contributed by atoms with E-state index in [0.29, 0.717) is 0 Å². The molecular weight excluding hydrogens is 130 g/mol. The molecule has 2 atom stereocenters. The van der Waals surface area contributed by atoms with Crippen LogP contribution in [-0.2, 0) is 0 Å². The van der Waals surface area contributed by atoms with Gasteiger partial charge in [0.2, 0.25) is 0 Å². The zero-order valence-corrected chi connectivity index (χ0v) is 6.41. The summed E-state index contributed by atoms with van der Waals surface area (Å²) in [5.74, 6) is 2.30. The molecule has 0 amide bonds. The molecule has 1 saturated heterocycles. The van der Waals surface area contributed by atoms with Gasteiger partial charge in [-0.05, 0) is 30.9 Å². The highest BCUT2D eigenvalue weighted by Gasteiger charge is 2.39. The van der Waals surface area contributed by atoms with Crippen molar-refractivity contribution in [3.63, 3.8) is 0 Å². The first kappa shape index (κ1) is 6.05. The fourth-order valence-corrected chi connectivity index (χ4v) is 3.43. The first-order chi connectivity index (χ1) is 4.29. The summed E-state index contributed by atoms with van der Waals surface area (Å²) in [6, 6.07) is 0. The number of nitrogens with two attached hydrogens (primary N) is 1. The van der Waals surface area contributed by atoms with Crippen molar-refractivity contribution in [3.8, 4) is 0 Å². The maximum atomic E-state index is 6.06. The molecule has 1 aliphatic carbocycles. The fraction of sp³-hybridized carbons (Fsp3) is 1.00. The molecule has 0 spiro atoms. The summed E-state index contributed by atoms with van der Waals surface area (Å²) in [5.41, 5.74) is 6.06.